The molecule has 1 aliphatic heterocycles. The van der Waals surface area contributed by atoms with E-state index in [1.54, 1.807) is 30.0 Å². The number of hydrogen-bond donors (Lipinski definition) is 1. The van der Waals surface area contributed by atoms with Crippen molar-refractivity contribution < 1.29 is 9.59 Å². The molecule has 0 bridgehead atoms. The summed E-state index contributed by atoms with van der Waals surface area (Å²) in [5.74, 6) is -0.242. The smallest absolute Gasteiger partial charge is 0.319 e. The molecule has 1 aromatic rings. The molecule has 2 rings (SSSR count). The Bertz CT molecular complexity index is 575. The van der Waals surface area contributed by atoms with Gasteiger partial charge >= 0.3 is 6.03 Å². The second-order valence-corrected chi connectivity index (χ2v) is 6.32. The van der Waals surface area contributed by atoms with Gasteiger partial charge in [-0.25, -0.2) is 4.79 Å². The number of carbonyl (C=O) groups excluding carboxylic acids is 2. The lowest BCUT2D eigenvalue weighted by Gasteiger charge is -2.33. The molecule has 1 heterocycles. The summed E-state index contributed by atoms with van der Waals surface area (Å²) in [4.78, 5) is 27.7. The maximum Gasteiger partial charge on any atom is 0.319 e. The molecular formula is C16H22ClN3O2. The average Bonchev–Trinajstić information content (AvgIpc) is 2.50. The molecule has 1 aliphatic rings. The monoisotopic (exact) mass is 323 g/mol. The minimum Gasteiger partial charge on any atom is -0.331 e. The van der Waals surface area contributed by atoms with Crippen LogP contribution in [0.1, 0.15) is 18.4 Å². The molecule has 22 heavy (non-hydrogen) atoms. The van der Waals surface area contributed by atoms with Gasteiger partial charge in [0.1, 0.15) is 0 Å². The lowest BCUT2D eigenvalue weighted by Crippen LogP contribution is -2.47. The van der Waals surface area contributed by atoms with E-state index >= 15 is 0 Å². The second kappa shape index (κ2) is 7.01. The number of anilines is 1. The Balaban J connectivity index is 1.99. The molecule has 3 amide bonds. The topological polar surface area (TPSA) is 52.7 Å². The number of piperidine rings is 1. The zero-order chi connectivity index (χ0) is 16.3. The van der Waals surface area contributed by atoms with Gasteiger partial charge in [0.25, 0.3) is 0 Å². The fourth-order valence-electron chi connectivity index (χ4n) is 2.56. The van der Waals surface area contributed by atoms with Crippen molar-refractivity contribution in [2.75, 3.05) is 32.5 Å². The lowest BCUT2D eigenvalue weighted by molar-refractivity contribution is -0.121. The van der Waals surface area contributed by atoms with E-state index in [0.717, 1.165) is 18.4 Å². The fourth-order valence-corrected chi connectivity index (χ4v) is 2.74. The summed E-state index contributed by atoms with van der Waals surface area (Å²) in [6.07, 6.45) is 1.63. The Morgan fingerprint density at radius 2 is 2.09 bits per heavy atom. The Labute approximate surface area is 136 Å². The number of carbonyl (C=O) groups is 2. The van der Waals surface area contributed by atoms with Gasteiger partial charge in [0.05, 0.1) is 5.92 Å². The highest BCUT2D eigenvalue weighted by atomic mass is 35.5. The van der Waals surface area contributed by atoms with E-state index in [1.807, 2.05) is 19.1 Å². The van der Waals surface area contributed by atoms with E-state index < -0.39 is 0 Å². The van der Waals surface area contributed by atoms with E-state index in [9.17, 15) is 9.59 Å². The van der Waals surface area contributed by atoms with Crippen LogP contribution in [-0.4, -0.2) is 48.9 Å². The van der Waals surface area contributed by atoms with Crippen LogP contribution in [0.15, 0.2) is 18.2 Å². The third-order valence-electron chi connectivity index (χ3n) is 3.88. The zero-order valence-corrected chi connectivity index (χ0v) is 14.0. The number of likely N-dealkylation sites (tertiary alicyclic amines) is 1. The minimum absolute atomic E-state index is 0.0455. The van der Waals surface area contributed by atoms with Crippen molar-refractivity contribution in [2.45, 2.75) is 19.8 Å². The zero-order valence-electron chi connectivity index (χ0n) is 13.2. The van der Waals surface area contributed by atoms with Crippen molar-refractivity contribution in [3.05, 3.63) is 28.8 Å². The molecule has 1 aromatic carbocycles. The Morgan fingerprint density at radius 3 is 2.73 bits per heavy atom. The van der Waals surface area contributed by atoms with Crippen LogP contribution in [0.5, 0.6) is 0 Å². The molecule has 1 N–H and O–H groups in total. The number of nitrogens with one attached hydrogen (secondary N) is 1. The van der Waals surface area contributed by atoms with Crippen molar-refractivity contribution in [1.29, 1.82) is 0 Å². The predicted molar refractivity (Wildman–Crippen MR) is 88.2 cm³/mol. The van der Waals surface area contributed by atoms with E-state index in [-0.39, 0.29) is 17.9 Å². The number of rotatable bonds is 2. The quantitative estimate of drug-likeness (QED) is 0.909. The van der Waals surface area contributed by atoms with Gasteiger partial charge in [-0.2, -0.15) is 0 Å². The van der Waals surface area contributed by atoms with Crippen LogP contribution in [0.25, 0.3) is 0 Å². The van der Waals surface area contributed by atoms with Gasteiger partial charge < -0.3 is 15.1 Å². The summed E-state index contributed by atoms with van der Waals surface area (Å²) in [6, 6.07) is 5.42. The molecule has 1 atom stereocenters. The molecule has 1 unspecified atom stereocenters. The molecule has 120 valence electrons. The molecule has 1 fully saturated rings. The van der Waals surface area contributed by atoms with Crippen LogP contribution in [0.4, 0.5) is 10.5 Å². The van der Waals surface area contributed by atoms with E-state index in [2.05, 4.69) is 5.32 Å². The SMILES string of the molecule is Cc1ccc(NC(=O)C2CCCN(C(=O)N(C)C)C2)cc1Cl. The Hall–Kier alpha value is -1.75. The predicted octanol–water partition coefficient (Wildman–Crippen LogP) is 2.98. The Kier molecular flexibility index (Phi) is 5.29. The molecule has 1 saturated heterocycles. The van der Waals surface area contributed by atoms with Crippen molar-refractivity contribution in [2.24, 2.45) is 5.92 Å². The molecule has 0 aliphatic carbocycles. The van der Waals surface area contributed by atoms with E-state index in [0.29, 0.717) is 23.8 Å². The van der Waals surface area contributed by atoms with Gasteiger partial charge in [0, 0.05) is 37.9 Å². The van der Waals surface area contributed by atoms with Crippen LogP contribution < -0.4 is 5.32 Å². The maximum atomic E-state index is 12.4. The third-order valence-corrected chi connectivity index (χ3v) is 4.29. The van der Waals surface area contributed by atoms with Crippen LogP contribution >= 0.6 is 11.6 Å². The summed E-state index contributed by atoms with van der Waals surface area (Å²) in [5, 5.41) is 3.52. The number of hydrogen-bond acceptors (Lipinski definition) is 2. The Morgan fingerprint density at radius 1 is 1.36 bits per heavy atom. The minimum atomic E-state index is -0.183. The van der Waals surface area contributed by atoms with Crippen molar-refractivity contribution in [1.82, 2.24) is 9.80 Å². The first kappa shape index (κ1) is 16.6. The van der Waals surface area contributed by atoms with Crippen molar-refractivity contribution in [3.63, 3.8) is 0 Å². The highest BCUT2D eigenvalue weighted by Crippen LogP contribution is 2.23. The highest BCUT2D eigenvalue weighted by Gasteiger charge is 2.29. The molecule has 0 radical (unpaired) electrons. The normalized spacial score (nSPS) is 18.0. The maximum absolute atomic E-state index is 12.4. The fraction of sp³-hybridized carbons (Fsp3) is 0.500. The molecule has 6 heteroatoms. The molecule has 5 nitrogen and oxygen atoms in total. The molecule has 0 spiro atoms. The van der Waals surface area contributed by atoms with Crippen LogP contribution in [-0.2, 0) is 4.79 Å². The number of amides is 3. The summed E-state index contributed by atoms with van der Waals surface area (Å²) >= 11 is 6.07. The molecular weight excluding hydrogens is 302 g/mol. The first-order valence-corrected chi connectivity index (χ1v) is 7.79. The molecule has 0 saturated carbocycles. The molecule has 0 aromatic heterocycles. The summed E-state index contributed by atoms with van der Waals surface area (Å²) in [7, 11) is 3.45. The van der Waals surface area contributed by atoms with Crippen LogP contribution in [0.2, 0.25) is 5.02 Å². The van der Waals surface area contributed by atoms with Gasteiger partial charge in [-0.1, -0.05) is 17.7 Å². The van der Waals surface area contributed by atoms with Crippen LogP contribution in [0.3, 0.4) is 0 Å². The largest absolute Gasteiger partial charge is 0.331 e. The van der Waals surface area contributed by atoms with Gasteiger partial charge in [-0.3, -0.25) is 4.79 Å². The standard InChI is InChI=1S/C16H22ClN3O2/c1-11-6-7-13(9-14(11)17)18-15(21)12-5-4-8-20(10-12)16(22)19(2)3/h6-7,9,12H,4-5,8,10H2,1-3H3,(H,18,21). The average molecular weight is 324 g/mol. The number of aryl methyl sites for hydroxylation is 1. The van der Waals surface area contributed by atoms with Crippen molar-refractivity contribution in [3.8, 4) is 0 Å². The number of urea groups is 1. The van der Waals surface area contributed by atoms with Gasteiger partial charge in [0.2, 0.25) is 5.91 Å². The highest BCUT2D eigenvalue weighted by molar-refractivity contribution is 6.31. The second-order valence-electron chi connectivity index (χ2n) is 5.92. The van der Waals surface area contributed by atoms with E-state index in [1.165, 1.54) is 0 Å². The van der Waals surface area contributed by atoms with Gasteiger partial charge in [0.15, 0.2) is 0 Å². The van der Waals surface area contributed by atoms with Gasteiger partial charge in [-0.05, 0) is 37.5 Å². The number of benzene rings is 1. The van der Waals surface area contributed by atoms with Crippen LogP contribution in [0, 0.1) is 12.8 Å². The summed E-state index contributed by atoms with van der Waals surface area (Å²) < 4.78 is 0. The van der Waals surface area contributed by atoms with Gasteiger partial charge in [-0.15, -0.1) is 0 Å². The number of nitrogens with zero attached hydrogens (tertiary/aromatic N) is 2. The van der Waals surface area contributed by atoms with Crippen molar-refractivity contribution >= 4 is 29.2 Å². The lowest BCUT2D eigenvalue weighted by atomic mass is 9.97. The first-order chi connectivity index (χ1) is 10.4. The first-order valence-electron chi connectivity index (χ1n) is 7.41. The third kappa shape index (κ3) is 3.91. The van der Waals surface area contributed by atoms with E-state index in [4.69, 9.17) is 11.6 Å². The summed E-state index contributed by atoms with van der Waals surface area (Å²) in [5.41, 5.74) is 1.66. The number of halogens is 1. The summed E-state index contributed by atoms with van der Waals surface area (Å²) in [6.45, 7) is 3.08.